The van der Waals surface area contributed by atoms with Crippen molar-refractivity contribution in [1.82, 2.24) is 0 Å². The van der Waals surface area contributed by atoms with Crippen LogP contribution in [0.25, 0.3) is 141 Å². The van der Waals surface area contributed by atoms with Crippen LogP contribution in [0.1, 0.15) is 0 Å². The van der Waals surface area contributed by atoms with Gasteiger partial charge in [0.05, 0.1) is 0 Å². The summed E-state index contributed by atoms with van der Waals surface area (Å²) in [5, 5.41) is 22.2. The highest BCUT2D eigenvalue weighted by Crippen LogP contribution is 2.47. The van der Waals surface area contributed by atoms with Gasteiger partial charge in [-0.2, -0.15) is 0 Å². The van der Waals surface area contributed by atoms with Gasteiger partial charge in [0.25, 0.3) is 0 Å². The predicted molar refractivity (Wildman–Crippen MR) is 270 cm³/mol. The zero-order valence-corrected chi connectivity index (χ0v) is 34.2. The van der Waals surface area contributed by atoms with Gasteiger partial charge in [-0.05, 0) is 145 Å². The molecule has 0 unspecified atom stereocenters. The van der Waals surface area contributed by atoms with Gasteiger partial charge in [0.15, 0.2) is 0 Å². The molecule has 1 nitrogen and oxygen atoms in total. The molecule has 0 amide bonds. The number of hydrogen-bond acceptors (Lipinski definition) is 1. The molecule has 0 saturated carbocycles. The summed E-state index contributed by atoms with van der Waals surface area (Å²) in [7, 11) is 0. The van der Waals surface area contributed by atoms with Crippen molar-refractivity contribution in [2.24, 2.45) is 0 Å². The van der Waals surface area contributed by atoms with Gasteiger partial charge in [-0.25, -0.2) is 0 Å². The van der Waals surface area contributed by atoms with E-state index < -0.39 is 0 Å². The number of benzene rings is 13. The minimum Gasteiger partial charge on any atom is -0.456 e. The Balaban J connectivity index is 1.03. The number of hydrogen-bond donors (Lipinski definition) is 0. The molecular weight excluding hydrogens is 761 g/mol. The molecule has 0 saturated heterocycles. The van der Waals surface area contributed by atoms with E-state index in [-0.39, 0.29) is 0 Å². The highest BCUT2D eigenvalue weighted by molar-refractivity contribution is 6.32. The molecule has 290 valence electrons. The van der Waals surface area contributed by atoms with Crippen molar-refractivity contribution in [3.8, 4) is 33.4 Å². The first-order valence-electron chi connectivity index (χ1n) is 21.8. The molecule has 63 heavy (non-hydrogen) atoms. The lowest BCUT2D eigenvalue weighted by Gasteiger charge is -2.19. The van der Waals surface area contributed by atoms with E-state index in [4.69, 9.17) is 4.42 Å². The maximum Gasteiger partial charge on any atom is 0.136 e. The van der Waals surface area contributed by atoms with Crippen molar-refractivity contribution in [3.63, 3.8) is 0 Å². The van der Waals surface area contributed by atoms with Crippen LogP contribution < -0.4 is 0 Å². The van der Waals surface area contributed by atoms with E-state index in [1.807, 2.05) is 0 Å². The van der Waals surface area contributed by atoms with Crippen LogP contribution >= 0.6 is 0 Å². The van der Waals surface area contributed by atoms with Crippen LogP contribution in [0.3, 0.4) is 0 Å². The molecule has 0 aliphatic heterocycles. The molecule has 14 rings (SSSR count). The topological polar surface area (TPSA) is 13.1 Å². The van der Waals surface area contributed by atoms with Gasteiger partial charge < -0.3 is 4.42 Å². The predicted octanol–water partition coefficient (Wildman–Crippen LogP) is 17.8. The quantitative estimate of drug-likeness (QED) is 0.128. The van der Waals surface area contributed by atoms with Crippen LogP contribution in [0.2, 0.25) is 0 Å². The van der Waals surface area contributed by atoms with Gasteiger partial charge in [0.1, 0.15) is 11.2 Å². The van der Waals surface area contributed by atoms with Crippen molar-refractivity contribution in [2.45, 2.75) is 0 Å². The molecule has 0 spiro atoms. The smallest absolute Gasteiger partial charge is 0.136 e. The lowest BCUT2D eigenvalue weighted by molar-refractivity contribution is 0.670. The Kier molecular flexibility index (Phi) is 7.17. The molecule has 13 aromatic carbocycles. The summed E-state index contributed by atoms with van der Waals surface area (Å²) in [6.07, 6.45) is 0. The molecule has 14 aromatic rings. The van der Waals surface area contributed by atoms with E-state index in [0.717, 1.165) is 16.6 Å². The van der Waals surface area contributed by atoms with Crippen molar-refractivity contribution in [1.29, 1.82) is 0 Å². The highest BCUT2D eigenvalue weighted by Gasteiger charge is 2.20. The third-order valence-electron chi connectivity index (χ3n) is 13.8. The third kappa shape index (κ3) is 4.99. The van der Waals surface area contributed by atoms with Crippen molar-refractivity contribution in [2.75, 3.05) is 0 Å². The fourth-order valence-corrected chi connectivity index (χ4v) is 11.0. The SMILES string of the molecule is c1cc(-c2cccc3ccccc23)cc(-c2c3ccccc3c(-c3ccc4c(c3)c3ccccc3c3cc5oc6ccc7ccc8ccccc8c7c6c5cc43)c3ccccc23)c1. The van der Waals surface area contributed by atoms with Gasteiger partial charge in [-0.15, -0.1) is 0 Å². The minimum absolute atomic E-state index is 0.916. The van der Waals surface area contributed by atoms with E-state index in [2.05, 4.69) is 218 Å². The first kappa shape index (κ1) is 34.5. The molecular formula is C62H36O. The number of furan rings is 1. The fourth-order valence-electron chi connectivity index (χ4n) is 11.0. The van der Waals surface area contributed by atoms with Crippen LogP contribution in [0.4, 0.5) is 0 Å². The Morgan fingerprint density at radius 3 is 1.43 bits per heavy atom. The second-order valence-corrected chi connectivity index (χ2v) is 17.1. The monoisotopic (exact) mass is 796 g/mol. The average molecular weight is 797 g/mol. The fraction of sp³-hybridized carbons (Fsp3) is 0. The lowest BCUT2D eigenvalue weighted by atomic mass is 9.84. The lowest BCUT2D eigenvalue weighted by Crippen LogP contribution is -1.92. The molecule has 0 bridgehead atoms. The summed E-state index contributed by atoms with van der Waals surface area (Å²) < 4.78 is 6.72. The summed E-state index contributed by atoms with van der Waals surface area (Å²) in [6, 6.07) is 80.7. The van der Waals surface area contributed by atoms with Crippen LogP contribution in [0.15, 0.2) is 223 Å². The van der Waals surface area contributed by atoms with Crippen LogP contribution in [-0.2, 0) is 0 Å². The Hall–Kier alpha value is -8.26. The molecule has 0 atom stereocenters. The normalized spacial score (nSPS) is 12.1. The summed E-state index contributed by atoms with van der Waals surface area (Å²) >= 11 is 0. The van der Waals surface area contributed by atoms with E-state index in [1.165, 1.54) is 125 Å². The van der Waals surface area contributed by atoms with Gasteiger partial charge >= 0.3 is 0 Å². The maximum absolute atomic E-state index is 6.72. The molecule has 0 fully saturated rings. The Morgan fingerprint density at radius 2 is 0.714 bits per heavy atom. The molecule has 1 aromatic heterocycles. The molecule has 0 radical (unpaired) electrons. The van der Waals surface area contributed by atoms with Crippen LogP contribution in [0, 0.1) is 0 Å². The first-order chi connectivity index (χ1) is 31.2. The molecule has 1 heterocycles. The van der Waals surface area contributed by atoms with Crippen LogP contribution in [0.5, 0.6) is 0 Å². The molecule has 1 heteroatoms. The number of fused-ring (bicyclic) bond motifs is 16. The van der Waals surface area contributed by atoms with Crippen molar-refractivity contribution in [3.05, 3.63) is 218 Å². The largest absolute Gasteiger partial charge is 0.456 e. The van der Waals surface area contributed by atoms with Crippen molar-refractivity contribution >= 4 is 108 Å². The molecule has 0 aliphatic rings. The highest BCUT2D eigenvalue weighted by atomic mass is 16.3. The minimum atomic E-state index is 0.916. The Morgan fingerprint density at radius 1 is 0.222 bits per heavy atom. The average Bonchev–Trinajstić information content (AvgIpc) is 3.72. The van der Waals surface area contributed by atoms with E-state index in [0.29, 0.717) is 0 Å². The molecule has 0 aliphatic carbocycles. The maximum atomic E-state index is 6.72. The molecule has 0 N–H and O–H groups in total. The Labute approximate surface area is 362 Å². The second kappa shape index (κ2) is 13.1. The standard InChI is InChI=1S/C62H36O/c1-3-18-43-37(13-1)15-12-26-44(43)40-16-11-17-41(33-40)59-49-22-7-9-24-51(49)60(52-25-10-8-23-50(52)59)42-29-31-48-53(34-42)46-20-5-6-21-47(46)55-36-58-56(35-54(48)55)62-57(63-58)32-30-39-28-27-38-14-2-4-19-45(38)61(39)62/h1-36H. The summed E-state index contributed by atoms with van der Waals surface area (Å²) in [5.41, 5.74) is 9.26. The summed E-state index contributed by atoms with van der Waals surface area (Å²) in [5.74, 6) is 0. The van der Waals surface area contributed by atoms with E-state index in [9.17, 15) is 0 Å². The summed E-state index contributed by atoms with van der Waals surface area (Å²) in [4.78, 5) is 0. The van der Waals surface area contributed by atoms with Crippen molar-refractivity contribution < 1.29 is 4.42 Å². The third-order valence-corrected chi connectivity index (χ3v) is 13.8. The Bertz CT molecular complexity index is 4200. The van der Waals surface area contributed by atoms with Gasteiger partial charge in [0.2, 0.25) is 0 Å². The van der Waals surface area contributed by atoms with Gasteiger partial charge in [0, 0.05) is 16.2 Å². The van der Waals surface area contributed by atoms with Crippen LogP contribution in [-0.4, -0.2) is 0 Å². The number of rotatable bonds is 3. The van der Waals surface area contributed by atoms with Gasteiger partial charge in [-0.3, -0.25) is 0 Å². The zero-order chi connectivity index (χ0) is 41.2. The summed E-state index contributed by atoms with van der Waals surface area (Å²) in [6.45, 7) is 0. The van der Waals surface area contributed by atoms with E-state index in [1.54, 1.807) is 0 Å². The first-order valence-corrected chi connectivity index (χ1v) is 21.8. The van der Waals surface area contributed by atoms with E-state index >= 15 is 0 Å². The second-order valence-electron chi connectivity index (χ2n) is 17.1. The zero-order valence-electron chi connectivity index (χ0n) is 34.2. The van der Waals surface area contributed by atoms with Gasteiger partial charge in [-0.1, -0.05) is 188 Å².